The van der Waals surface area contributed by atoms with Crippen LogP contribution >= 0.6 is 11.8 Å². The number of ether oxygens (including phenoxy) is 2. The Morgan fingerprint density at radius 2 is 1.69 bits per heavy atom. The summed E-state index contributed by atoms with van der Waals surface area (Å²) in [7, 11) is -2.42. The normalized spacial score (nSPS) is 11.1. The highest BCUT2D eigenvalue weighted by Crippen LogP contribution is 2.32. The number of para-hydroxylation sites is 2. The molecule has 0 saturated heterocycles. The summed E-state index contributed by atoms with van der Waals surface area (Å²) in [5, 5.41) is 2.83. The first-order chi connectivity index (χ1) is 16.9. The third kappa shape index (κ3) is 6.93. The standard InChI is InChI=1S/C26H30N2O5S2/c1-4-33-25-8-6-5-7-24(25)28(35(30,31)23-15-13-22(34-3)14-16-23)19-26(29)27-18-17-20-9-11-21(32-2)12-10-20/h5-16H,4,17-19H2,1-3H3,(H,27,29). The smallest absolute Gasteiger partial charge is 0.264 e. The second-order valence-electron chi connectivity index (χ2n) is 7.54. The molecule has 0 unspecified atom stereocenters. The van der Waals surface area contributed by atoms with E-state index < -0.39 is 15.9 Å². The van der Waals surface area contributed by atoms with Crippen molar-refractivity contribution < 1.29 is 22.7 Å². The molecular weight excluding hydrogens is 484 g/mol. The Labute approximate surface area is 211 Å². The van der Waals surface area contributed by atoms with E-state index in [2.05, 4.69) is 5.32 Å². The van der Waals surface area contributed by atoms with Crippen LogP contribution in [0.5, 0.6) is 11.5 Å². The predicted molar refractivity (Wildman–Crippen MR) is 140 cm³/mol. The Hall–Kier alpha value is -3.17. The number of methoxy groups -OCH3 is 1. The first kappa shape index (κ1) is 26.4. The second kappa shape index (κ2) is 12.5. The lowest BCUT2D eigenvalue weighted by Crippen LogP contribution is -2.41. The fourth-order valence-corrected chi connectivity index (χ4v) is 5.28. The lowest BCUT2D eigenvalue weighted by molar-refractivity contribution is -0.119. The van der Waals surface area contributed by atoms with E-state index in [1.54, 1.807) is 55.6 Å². The molecule has 0 bridgehead atoms. The molecular formula is C26H30N2O5S2. The van der Waals surface area contributed by atoms with Crippen molar-refractivity contribution in [2.45, 2.75) is 23.1 Å². The molecule has 7 nitrogen and oxygen atoms in total. The van der Waals surface area contributed by atoms with Gasteiger partial charge in [-0.1, -0.05) is 24.3 Å². The van der Waals surface area contributed by atoms with Gasteiger partial charge in [0.1, 0.15) is 18.0 Å². The quantitative estimate of drug-likeness (QED) is 0.361. The summed E-state index contributed by atoms with van der Waals surface area (Å²) in [6, 6.07) is 21.0. The Balaban J connectivity index is 1.81. The van der Waals surface area contributed by atoms with E-state index in [0.29, 0.717) is 31.0 Å². The molecule has 1 amide bonds. The molecule has 186 valence electrons. The van der Waals surface area contributed by atoms with Gasteiger partial charge in [0, 0.05) is 11.4 Å². The summed E-state index contributed by atoms with van der Waals surface area (Å²) < 4.78 is 39.2. The SMILES string of the molecule is CCOc1ccccc1N(CC(=O)NCCc1ccc(OC)cc1)S(=O)(=O)c1ccc(SC)cc1. The maximum atomic E-state index is 13.7. The van der Waals surface area contributed by atoms with Crippen LogP contribution in [0.2, 0.25) is 0 Å². The molecule has 1 N–H and O–H groups in total. The largest absolute Gasteiger partial charge is 0.497 e. The maximum absolute atomic E-state index is 13.7. The molecule has 0 spiro atoms. The maximum Gasteiger partial charge on any atom is 0.264 e. The third-order valence-electron chi connectivity index (χ3n) is 5.26. The molecule has 3 aromatic carbocycles. The molecule has 3 rings (SSSR count). The molecule has 0 radical (unpaired) electrons. The zero-order valence-corrected chi connectivity index (χ0v) is 21.7. The number of hydrogen-bond donors (Lipinski definition) is 1. The number of hydrogen-bond acceptors (Lipinski definition) is 6. The van der Waals surface area contributed by atoms with E-state index in [-0.39, 0.29) is 11.4 Å². The van der Waals surface area contributed by atoms with Gasteiger partial charge in [0.15, 0.2) is 0 Å². The predicted octanol–water partition coefficient (Wildman–Crippen LogP) is 4.37. The Bertz CT molecular complexity index is 1210. The van der Waals surface area contributed by atoms with Crippen LogP contribution in [0.15, 0.2) is 82.6 Å². The highest BCUT2D eigenvalue weighted by molar-refractivity contribution is 7.98. The van der Waals surface area contributed by atoms with E-state index in [0.717, 1.165) is 20.5 Å². The number of sulfonamides is 1. The van der Waals surface area contributed by atoms with Gasteiger partial charge in [-0.3, -0.25) is 9.10 Å². The second-order valence-corrected chi connectivity index (χ2v) is 10.3. The molecule has 0 aliphatic heterocycles. The number of nitrogens with zero attached hydrogens (tertiary/aromatic N) is 1. The van der Waals surface area contributed by atoms with Gasteiger partial charge < -0.3 is 14.8 Å². The van der Waals surface area contributed by atoms with Crippen molar-refractivity contribution in [3.63, 3.8) is 0 Å². The van der Waals surface area contributed by atoms with Gasteiger partial charge in [0.05, 0.1) is 24.3 Å². The molecule has 9 heteroatoms. The Morgan fingerprint density at radius 1 is 1.00 bits per heavy atom. The zero-order chi connectivity index (χ0) is 25.3. The lowest BCUT2D eigenvalue weighted by Gasteiger charge is -2.26. The Kier molecular flexibility index (Phi) is 9.45. The van der Waals surface area contributed by atoms with E-state index >= 15 is 0 Å². The third-order valence-corrected chi connectivity index (χ3v) is 7.78. The minimum atomic E-state index is -4.03. The first-order valence-corrected chi connectivity index (χ1v) is 13.8. The van der Waals surface area contributed by atoms with Crippen molar-refractivity contribution in [1.29, 1.82) is 0 Å². The zero-order valence-electron chi connectivity index (χ0n) is 20.1. The molecule has 0 heterocycles. The Morgan fingerprint density at radius 3 is 2.31 bits per heavy atom. The minimum absolute atomic E-state index is 0.104. The summed E-state index contributed by atoms with van der Waals surface area (Å²) in [4.78, 5) is 13.9. The van der Waals surface area contributed by atoms with Gasteiger partial charge in [-0.2, -0.15) is 0 Å². The fraction of sp³-hybridized carbons (Fsp3) is 0.269. The number of anilines is 1. The number of amides is 1. The molecule has 0 saturated carbocycles. The van der Waals surface area contributed by atoms with Gasteiger partial charge in [-0.25, -0.2) is 8.42 Å². The van der Waals surface area contributed by atoms with Crippen molar-refractivity contribution in [3.8, 4) is 11.5 Å². The molecule has 3 aromatic rings. The molecule has 0 aromatic heterocycles. The highest BCUT2D eigenvalue weighted by Gasteiger charge is 2.29. The van der Waals surface area contributed by atoms with E-state index in [1.807, 2.05) is 37.4 Å². The molecule has 0 aliphatic rings. The van der Waals surface area contributed by atoms with Crippen LogP contribution in [0.4, 0.5) is 5.69 Å². The molecule has 35 heavy (non-hydrogen) atoms. The number of nitrogens with one attached hydrogen (secondary N) is 1. The van der Waals surface area contributed by atoms with Crippen LogP contribution in [-0.4, -0.2) is 47.4 Å². The summed E-state index contributed by atoms with van der Waals surface area (Å²) in [5.74, 6) is 0.747. The fourth-order valence-electron chi connectivity index (χ4n) is 3.44. The van der Waals surface area contributed by atoms with Crippen LogP contribution < -0.4 is 19.1 Å². The monoisotopic (exact) mass is 514 g/mol. The number of thioether (sulfide) groups is 1. The van der Waals surface area contributed by atoms with Crippen molar-refractivity contribution in [3.05, 3.63) is 78.4 Å². The number of carbonyl (C=O) groups excluding carboxylic acids is 1. The van der Waals surface area contributed by atoms with E-state index in [1.165, 1.54) is 11.8 Å². The van der Waals surface area contributed by atoms with Crippen molar-refractivity contribution in [2.75, 3.05) is 37.4 Å². The van der Waals surface area contributed by atoms with Crippen LogP contribution in [0.1, 0.15) is 12.5 Å². The lowest BCUT2D eigenvalue weighted by atomic mass is 10.1. The van der Waals surface area contributed by atoms with E-state index in [4.69, 9.17) is 9.47 Å². The summed E-state index contributed by atoms with van der Waals surface area (Å²) in [6.07, 6.45) is 2.53. The van der Waals surface area contributed by atoms with Crippen molar-refractivity contribution in [1.82, 2.24) is 5.32 Å². The average molecular weight is 515 g/mol. The summed E-state index contributed by atoms with van der Waals surface area (Å²) in [5.41, 5.74) is 1.35. The van der Waals surface area contributed by atoms with Gasteiger partial charge in [0.25, 0.3) is 10.0 Å². The number of rotatable bonds is 12. The highest BCUT2D eigenvalue weighted by atomic mass is 32.2. The number of carbonyl (C=O) groups is 1. The van der Waals surface area contributed by atoms with Crippen LogP contribution in [-0.2, 0) is 21.2 Å². The van der Waals surface area contributed by atoms with E-state index in [9.17, 15) is 13.2 Å². The average Bonchev–Trinajstić information content (AvgIpc) is 2.88. The summed E-state index contributed by atoms with van der Waals surface area (Å²) in [6.45, 7) is 2.18. The molecule has 0 aliphatic carbocycles. The number of benzene rings is 3. The van der Waals surface area contributed by atoms with Crippen molar-refractivity contribution >= 4 is 33.4 Å². The molecule has 0 atom stereocenters. The van der Waals surface area contributed by atoms with Gasteiger partial charge in [0.2, 0.25) is 5.91 Å². The topological polar surface area (TPSA) is 84.9 Å². The van der Waals surface area contributed by atoms with Crippen molar-refractivity contribution in [2.24, 2.45) is 0 Å². The van der Waals surface area contributed by atoms with Crippen LogP contribution in [0.25, 0.3) is 0 Å². The van der Waals surface area contributed by atoms with Gasteiger partial charge in [-0.05, 0) is 73.7 Å². The van der Waals surface area contributed by atoms with Gasteiger partial charge in [-0.15, -0.1) is 11.8 Å². The summed E-state index contributed by atoms with van der Waals surface area (Å²) >= 11 is 1.52. The van der Waals surface area contributed by atoms with Gasteiger partial charge >= 0.3 is 0 Å². The first-order valence-electron chi connectivity index (χ1n) is 11.2. The van der Waals surface area contributed by atoms with Crippen LogP contribution in [0.3, 0.4) is 0 Å². The minimum Gasteiger partial charge on any atom is -0.497 e. The van der Waals surface area contributed by atoms with Crippen LogP contribution in [0, 0.1) is 0 Å². The molecule has 0 fully saturated rings.